The molecule has 1 aliphatic heterocycles. The Labute approximate surface area is 121 Å². The van der Waals surface area contributed by atoms with Gasteiger partial charge in [0, 0.05) is 19.2 Å². The molecule has 0 saturated carbocycles. The Hall–Kier alpha value is -2.88. The van der Waals surface area contributed by atoms with Crippen LogP contribution in [0.1, 0.15) is 18.4 Å². The van der Waals surface area contributed by atoms with Gasteiger partial charge in [-0.1, -0.05) is 6.07 Å². The lowest BCUT2D eigenvalue weighted by Crippen LogP contribution is -2.18. The lowest BCUT2D eigenvalue weighted by Gasteiger charge is -2.17. The van der Waals surface area contributed by atoms with Gasteiger partial charge in [-0.15, -0.1) is 0 Å². The van der Waals surface area contributed by atoms with Crippen LogP contribution in [0, 0.1) is 21.4 Å². The third-order valence-electron chi connectivity index (χ3n) is 3.34. The van der Waals surface area contributed by atoms with Crippen LogP contribution in [0.4, 0.5) is 11.4 Å². The van der Waals surface area contributed by atoms with Gasteiger partial charge < -0.3 is 10.6 Å². The van der Waals surface area contributed by atoms with Crippen LogP contribution in [0.15, 0.2) is 23.8 Å². The van der Waals surface area contributed by atoms with Crippen LogP contribution in [0.2, 0.25) is 0 Å². The van der Waals surface area contributed by atoms with Crippen molar-refractivity contribution in [2.75, 3.05) is 18.0 Å². The zero-order valence-electron chi connectivity index (χ0n) is 11.3. The van der Waals surface area contributed by atoms with Gasteiger partial charge in [-0.2, -0.15) is 5.26 Å². The highest BCUT2D eigenvalue weighted by molar-refractivity contribution is 6.00. The summed E-state index contributed by atoms with van der Waals surface area (Å²) < 4.78 is 0. The molecule has 7 nitrogen and oxygen atoms in total. The average molecular weight is 286 g/mol. The molecule has 1 aliphatic rings. The Balaban J connectivity index is 2.43. The normalized spacial score (nSPS) is 14.8. The number of nitro groups is 1. The quantitative estimate of drug-likeness (QED) is 0.391. The van der Waals surface area contributed by atoms with Crippen LogP contribution in [0.25, 0.3) is 6.08 Å². The van der Waals surface area contributed by atoms with Crippen LogP contribution in [0.5, 0.6) is 0 Å². The highest BCUT2D eigenvalue weighted by Crippen LogP contribution is 2.32. The van der Waals surface area contributed by atoms with E-state index in [1.807, 2.05) is 4.90 Å². The molecule has 2 N–H and O–H groups in total. The van der Waals surface area contributed by atoms with Crippen molar-refractivity contribution in [3.8, 4) is 6.07 Å². The molecule has 1 fully saturated rings. The second-order valence-electron chi connectivity index (χ2n) is 4.73. The maximum atomic E-state index is 11.2. The van der Waals surface area contributed by atoms with Crippen molar-refractivity contribution in [3.05, 3.63) is 39.4 Å². The van der Waals surface area contributed by atoms with Crippen molar-refractivity contribution in [2.24, 2.45) is 5.73 Å². The van der Waals surface area contributed by atoms with Gasteiger partial charge in [0.05, 0.1) is 4.92 Å². The molecule has 1 heterocycles. The molecule has 0 bridgehead atoms. The number of nitro benzene ring substituents is 1. The minimum atomic E-state index is -0.858. The van der Waals surface area contributed by atoms with Crippen LogP contribution >= 0.6 is 0 Å². The molecule has 1 aromatic rings. The number of hydrogen-bond acceptors (Lipinski definition) is 5. The van der Waals surface area contributed by atoms with Crippen LogP contribution < -0.4 is 10.6 Å². The molecular formula is C14H14N4O3. The van der Waals surface area contributed by atoms with Crippen LogP contribution in [-0.4, -0.2) is 23.9 Å². The maximum absolute atomic E-state index is 11.2. The third kappa shape index (κ3) is 3.17. The second-order valence-corrected chi connectivity index (χ2v) is 4.73. The Morgan fingerprint density at radius 3 is 2.62 bits per heavy atom. The van der Waals surface area contributed by atoms with E-state index in [0.717, 1.165) is 25.9 Å². The topological polar surface area (TPSA) is 113 Å². The fraction of sp³-hybridized carbons (Fsp3) is 0.286. The Morgan fingerprint density at radius 2 is 2.10 bits per heavy atom. The van der Waals surface area contributed by atoms with E-state index < -0.39 is 10.8 Å². The van der Waals surface area contributed by atoms with Crippen molar-refractivity contribution in [1.82, 2.24) is 0 Å². The first-order valence-corrected chi connectivity index (χ1v) is 6.48. The van der Waals surface area contributed by atoms with Gasteiger partial charge >= 0.3 is 0 Å². The maximum Gasteiger partial charge on any atom is 0.293 e. The van der Waals surface area contributed by atoms with E-state index in [1.54, 1.807) is 18.2 Å². The fourth-order valence-electron chi connectivity index (χ4n) is 2.33. The molecule has 108 valence electrons. The number of carbonyl (C=O) groups is 1. The number of benzene rings is 1. The summed E-state index contributed by atoms with van der Waals surface area (Å²) >= 11 is 0. The van der Waals surface area contributed by atoms with Gasteiger partial charge in [0.15, 0.2) is 0 Å². The summed E-state index contributed by atoms with van der Waals surface area (Å²) in [7, 11) is 0. The third-order valence-corrected chi connectivity index (χ3v) is 3.34. The molecule has 1 aromatic carbocycles. The monoisotopic (exact) mass is 286 g/mol. The van der Waals surface area contributed by atoms with Crippen molar-refractivity contribution in [3.63, 3.8) is 0 Å². The zero-order valence-corrected chi connectivity index (χ0v) is 11.3. The van der Waals surface area contributed by atoms with E-state index in [2.05, 4.69) is 0 Å². The van der Waals surface area contributed by atoms with Crippen molar-refractivity contribution < 1.29 is 9.72 Å². The van der Waals surface area contributed by atoms with E-state index >= 15 is 0 Å². The largest absolute Gasteiger partial charge is 0.366 e. The predicted octanol–water partition coefficient (Wildman–Crippen LogP) is 1.59. The number of nitriles is 1. The highest BCUT2D eigenvalue weighted by Gasteiger charge is 2.22. The number of rotatable bonds is 4. The lowest BCUT2D eigenvalue weighted by atomic mass is 10.1. The SMILES string of the molecule is N#C/C(=C\c1ccc(N2CCCC2)c([N+](=O)[O-])c1)C(N)=O. The summed E-state index contributed by atoms with van der Waals surface area (Å²) in [6.45, 7) is 1.58. The smallest absolute Gasteiger partial charge is 0.293 e. The van der Waals surface area contributed by atoms with Crippen molar-refractivity contribution >= 4 is 23.4 Å². The number of hydrogen-bond donors (Lipinski definition) is 1. The average Bonchev–Trinajstić information content (AvgIpc) is 2.98. The standard InChI is InChI=1S/C14H14N4O3/c15-9-11(14(16)19)7-10-3-4-12(13(8-10)18(20)21)17-5-1-2-6-17/h3-4,7-8H,1-2,5-6H2,(H2,16,19)/b11-7+. The molecule has 0 spiro atoms. The summed E-state index contributed by atoms with van der Waals surface area (Å²) in [6, 6.07) is 6.31. The van der Waals surface area contributed by atoms with Gasteiger partial charge in [0.25, 0.3) is 11.6 Å². The number of carbonyl (C=O) groups excluding carboxylic acids is 1. The molecule has 1 amide bonds. The summed E-state index contributed by atoms with van der Waals surface area (Å²) in [4.78, 5) is 23.7. The Bertz CT molecular complexity index is 655. The first-order valence-electron chi connectivity index (χ1n) is 6.48. The molecule has 0 atom stereocenters. The zero-order chi connectivity index (χ0) is 15.4. The molecule has 0 unspecified atom stereocenters. The minimum absolute atomic E-state index is 0.0348. The van der Waals surface area contributed by atoms with Crippen LogP contribution in [-0.2, 0) is 4.79 Å². The van der Waals surface area contributed by atoms with Crippen molar-refractivity contribution in [2.45, 2.75) is 12.8 Å². The summed E-state index contributed by atoms with van der Waals surface area (Å²) in [5.74, 6) is -0.858. The van der Waals surface area contributed by atoms with Gasteiger partial charge in [0.1, 0.15) is 17.3 Å². The number of primary amides is 1. The summed E-state index contributed by atoms with van der Waals surface area (Å²) in [5.41, 5.74) is 5.74. The van der Waals surface area contributed by atoms with Gasteiger partial charge in [-0.25, -0.2) is 0 Å². The Morgan fingerprint density at radius 1 is 1.43 bits per heavy atom. The van der Waals surface area contributed by atoms with E-state index in [9.17, 15) is 14.9 Å². The molecule has 21 heavy (non-hydrogen) atoms. The molecular weight excluding hydrogens is 272 g/mol. The lowest BCUT2D eigenvalue weighted by molar-refractivity contribution is -0.384. The Kier molecular flexibility index (Phi) is 4.18. The molecule has 0 aromatic heterocycles. The van der Waals surface area contributed by atoms with Crippen LogP contribution in [0.3, 0.4) is 0 Å². The van der Waals surface area contributed by atoms with E-state index in [4.69, 9.17) is 11.0 Å². The fourth-order valence-corrected chi connectivity index (χ4v) is 2.33. The summed E-state index contributed by atoms with van der Waals surface area (Å²) in [5, 5.41) is 20.0. The highest BCUT2D eigenvalue weighted by atomic mass is 16.6. The number of nitrogens with two attached hydrogens (primary N) is 1. The first kappa shape index (κ1) is 14.5. The van der Waals surface area contributed by atoms with E-state index in [-0.39, 0.29) is 11.3 Å². The first-order chi connectivity index (χ1) is 10.0. The predicted molar refractivity (Wildman–Crippen MR) is 77.3 cm³/mol. The molecule has 1 saturated heterocycles. The number of anilines is 1. The second kappa shape index (κ2) is 6.05. The number of nitrogens with zero attached hydrogens (tertiary/aromatic N) is 3. The number of amides is 1. The molecule has 0 aliphatic carbocycles. The van der Waals surface area contributed by atoms with E-state index in [1.165, 1.54) is 12.1 Å². The van der Waals surface area contributed by atoms with Gasteiger partial charge in [-0.3, -0.25) is 14.9 Å². The molecule has 0 radical (unpaired) electrons. The molecule has 2 rings (SSSR count). The van der Waals surface area contributed by atoms with E-state index in [0.29, 0.717) is 11.3 Å². The van der Waals surface area contributed by atoms with Gasteiger partial charge in [0.2, 0.25) is 0 Å². The molecule has 7 heteroatoms. The minimum Gasteiger partial charge on any atom is -0.366 e. The summed E-state index contributed by atoms with van der Waals surface area (Å²) in [6.07, 6.45) is 3.28. The van der Waals surface area contributed by atoms with Crippen molar-refractivity contribution in [1.29, 1.82) is 5.26 Å². The van der Waals surface area contributed by atoms with Gasteiger partial charge in [-0.05, 0) is 30.5 Å².